The Morgan fingerprint density at radius 2 is 1.91 bits per heavy atom. The summed E-state index contributed by atoms with van der Waals surface area (Å²) in [5.74, 6) is 0. The lowest BCUT2D eigenvalue weighted by molar-refractivity contribution is 0.563. The van der Waals surface area contributed by atoms with Crippen LogP contribution in [0.15, 0.2) is 29.2 Å². The summed E-state index contributed by atoms with van der Waals surface area (Å²) in [5.41, 5.74) is 1.23. The molecule has 0 fully saturated rings. The van der Waals surface area contributed by atoms with Crippen molar-refractivity contribution in [2.45, 2.75) is 11.8 Å². The first-order valence-electron chi connectivity index (χ1n) is 3.01. The average Bonchev–Trinajstić information content (AvgIpc) is 1.97. The third-order valence-electron chi connectivity index (χ3n) is 1.12. The van der Waals surface area contributed by atoms with E-state index in [1.54, 1.807) is 0 Å². The van der Waals surface area contributed by atoms with Crippen molar-refractivity contribution in [2.75, 3.05) is 0 Å². The predicted octanol–water partition coefficient (Wildman–Crippen LogP) is 2.18. The first-order chi connectivity index (χ1) is 5.22. The van der Waals surface area contributed by atoms with Crippen LogP contribution in [0.1, 0.15) is 5.56 Å². The number of carbonyl (C=O) groups excluding carboxylic acids is 1. The van der Waals surface area contributed by atoms with Crippen LogP contribution >= 0.6 is 12.6 Å². The molecule has 0 amide bonds. The second-order valence-corrected chi connectivity index (χ2v) is 2.37. The molecule has 0 spiro atoms. The summed E-state index contributed by atoms with van der Waals surface area (Å²) >= 11 is 4.20. The highest BCUT2D eigenvalue weighted by molar-refractivity contribution is 7.80. The number of benzene rings is 1. The first-order valence-corrected chi connectivity index (χ1v) is 3.45. The molecule has 0 bridgehead atoms. The van der Waals surface area contributed by atoms with Gasteiger partial charge in [-0.2, -0.15) is 0 Å². The van der Waals surface area contributed by atoms with Gasteiger partial charge in [0.15, 0.2) is 0 Å². The van der Waals surface area contributed by atoms with Crippen molar-refractivity contribution in [2.24, 2.45) is 0 Å². The van der Waals surface area contributed by atoms with Gasteiger partial charge in [0.2, 0.25) is 6.08 Å². The van der Waals surface area contributed by atoms with E-state index in [4.69, 9.17) is 10.2 Å². The third-order valence-corrected chi connectivity index (χ3v) is 1.62. The molecule has 1 rings (SSSR count). The van der Waals surface area contributed by atoms with E-state index >= 15 is 0 Å². The molecule has 0 saturated heterocycles. The monoisotopic (exact) mass is 167 g/mol. The van der Waals surface area contributed by atoms with Gasteiger partial charge in [0.1, 0.15) is 0 Å². The van der Waals surface area contributed by atoms with Crippen LogP contribution in [0.2, 0.25) is 0 Å². The van der Waals surface area contributed by atoms with Gasteiger partial charge >= 0.3 is 0 Å². The summed E-state index contributed by atoms with van der Waals surface area (Å²) in [6.07, 6.45) is 0.750. The third kappa shape index (κ3) is 4.37. The second kappa shape index (κ2) is 5.71. The van der Waals surface area contributed by atoms with Gasteiger partial charge in [-0.1, -0.05) is 18.2 Å². The second-order valence-electron chi connectivity index (χ2n) is 1.89. The zero-order chi connectivity index (χ0) is 8.69. The fraction of sp³-hybridized carbons (Fsp3) is 0.125. The molecule has 0 saturated carbocycles. The molecule has 1 aromatic rings. The van der Waals surface area contributed by atoms with E-state index in [1.165, 1.54) is 5.56 Å². The maximum absolute atomic E-state index is 8.35. The van der Waals surface area contributed by atoms with Gasteiger partial charge in [0.05, 0.1) is 0 Å². The zero-order valence-corrected chi connectivity index (χ0v) is 7.06. The molecule has 3 heteroatoms. The maximum atomic E-state index is 8.35. The lowest BCUT2D eigenvalue weighted by Gasteiger charge is -1.92. The topological polar surface area (TPSA) is 40.9 Å². The number of hydrogen-bond acceptors (Lipinski definition) is 3. The highest BCUT2D eigenvalue weighted by Gasteiger charge is 1.84. The fourth-order valence-corrected chi connectivity index (χ4v) is 0.724. The molecule has 58 valence electrons. The van der Waals surface area contributed by atoms with Crippen LogP contribution in [0, 0.1) is 12.3 Å². The van der Waals surface area contributed by atoms with Crippen molar-refractivity contribution in [3.63, 3.8) is 0 Å². The molecule has 0 unspecified atom stereocenters. The summed E-state index contributed by atoms with van der Waals surface area (Å²) in [6.45, 7) is 2.04. The Kier molecular flexibility index (Phi) is 5.17. The minimum Gasteiger partial charge on any atom is -0.222 e. The number of isocyanates is 1. The lowest BCUT2D eigenvalue weighted by Crippen LogP contribution is -1.70. The molecule has 0 aliphatic carbocycles. The average molecular weight is 167 g/mol. The molecule has 11 heavy (non-hydrogen) atoms. The molecule has 0 heterocycles. The Balaban J connectivity index is 0.000000292. The van der Waals surface area contributed by atoms with Crippen LogP contribution in [0.3, 0.4) is 0 Å². The maximum Gasteiger partial charge on any atom is 0.231 e. The van der Waals surface area contributed by atoms with E-state index in [9.17, 15) is 0 Å². The Morgan fingerprint density at radius 1 is 1.45 bits per heavy atom. The summed E-state index contributed by atoms with van der Waals surface area (Å²) in [4.78, 5) is 9.41. The lowest BCUT2D eigenvalue weighted by atomic mass is 10.2. The number of rotatable bonds is 0. The zero-order valence-electron chi connectivity index (χ0n) is 6.16. The summed E-state index contributed by atoms with van der Waals surface area (Å²) < 4.78 is 0. The Bertz CT molecular complexity index is 233. The Morgan fingerprint density at radius 3 is 2.18 bits per heavy atom. The molecule has 0 aromatic heterocycles. The van der Waals surface area contributed by atoms with Crippen LogP contribution in [0.5, 0.6) is 0 Å². The van der Waals surface area contributed by atoms with Crippen molar-refractivity contribution in [3.05, 3.63) is 29.8 Å². The fourth-order valence-electron chi connectivity index (χ4n) is 0.563. The molecule has 1 N–H and O–H groups in total. The largest absolute Gasteiger partial charge is 0.231 e. The molecule has 0 aliphatic heterocycles. The standard InChI is InChI=1S/C7H8S.CHNO/c1-6-4-2-3-5-7(6)8;2-1-3/h2-5,8H,1H3;2H. The molecular weight excluding hydrogens is 158 g/mol. The highest BCUT2D eigenvalue weighted by atomic mass is 32.1. The molecule has 0 aliphatic rings. The van der Waals surface area contributed by atoms with Crippen LogP contribution in [0.4, 0.5) is 0 Å². The van der Waals surface area contributed by atoms with E-state index in [-0.39, 0.29) is 0 Å². The van der Waals surface area contributed by atoms with Gasteiger partial charge in [-0.3, -0.25) is 0 Å². The van der Waals surface area contributed by atoms with Crippen LogP contribution in [-0.2, 0) is 4.79 Å². The van der Waals surface area contributed by atoms with E-state index in [1.807, 2.05) is 31.2 Å². The molecule has 1 aromatic carbocycles. The van der Waals surface area contributed by atoms with Gasteiger partial charge < -0.3 is 0 Å². The minimum atomic E-state index is 0.750. The van der Waals surface area contributed by atoms with E-state index in [2.05, 4.69) is 12.6 Å². The number of hydrogen-bond donors (Lipinski definition) is 2. The van der Waals surface area contributed by atoms with Gasteiger partial charge in [-0.05, 0) is 18.6 Å². The van der Waals surface area contributed by atoms with Crippen LogP contribution < -0.4 is 0 Å². The SMILES string of the molecule is Cc1ccccc1S.N=C=O. The van der Waals surface area contributed by atoms with Gasteiger partial charge in [0.25, 0.3) is 0 Å². The quantitative estimate of drug-likeness (QED) is 0.347. The van der Waals surface area contributed by atoms with Crippen LogP contribution in [0.25, 0.3) is 0 Å². The Hall–Kier alpha value is -1.05. The van der Waals surface area contributed by atoms with E-state index < -0.39 is 0 Å². The smallest absolute Gasteiger partial charge is 0.222 e. The van der Waals surface area contributed by atoms with E-state index in [0.29, 0.717) is 0 Å². The van der Waals surface area contributed by atoms with Crippen molar-refractivity contribution < 1.29 is 4.79 Å². The van der Waals surface area contributed by atoms with Crippen molar-refractivity contribution in [1.82, 2.24) is 0 Å². The summed E-state index contributed by atoms with van der Waals surface area (Å²) in [5, 5.41) is 5.40. The summed E-state index contributed by atoms with van der Waals surface area (Å²) in [7, 11) is 0. The highest BCUT2D eigenvalue weighted by Crippen LogP contribution is 2.09. The predicted molar refractivity (Wildman–Crippen MR) is 46.8 cm³/mol. The minimum absolute atomic E-state index is 0.750. The number of thiol groups is 1. The van der Waals surface area contributed by atoms with Crippen molar-refractivity contribution >= 4 is 18.7 Å². The van der Waals surface area contributed by atoms with Gasteiger partial charge in [-0.15, -0.1) is 12.6 Å². The van der Waals surface area contributed by atoms with Gasteiger partial charge in [-0.25, -0.2) is 10.2 Å². The number of nitrogens with one attached hydrogen (secondary N) is 1. The Labute approximate surface area is 71.2 Å². The molecular formula is C8H9NOS. The van der Waals surface area contributed by atoms with E-state index in [0.717, 1.165) is 11.0 Å². The molecule has 0 radical (unpaired) electrons. The summed E-state index contributed by atoms with van der Waals surface area (Å²) in [6, 6.07) is 8.02. The van der Waals surface area contributed by atoms with Crippen LogP contribution in [-0.4, -0.2) is 6.08 Å². The van der Waals surface area contributed by atoms with Crippen molar-refractivity contribution in [1.29, 1.82) is 5.41 Å². The number of aryl methyl sites for hydroxylation is 1. The molecule has 0 atom stereocenters. The van der Waals surface area contributed by atoms with Gasteiger partial charge in [0, 0.05) is 4.90 Å². The first kappa shape index (κ1) is 9.95. The molecule has 2 nitrogen and oxygen atoms in total. The normalized spacial score (nSPS) is 7.45. The van der Waals surface area contributed by atoms with Crippen molar-refractivity contribution in [3.8, 4) is 0 Å².